The van der Waals surface area contributed by atoms with E-state index in [1.54, 1.807) is 18.3 Å². The second-order valence-corrected chi connectivity index (χ2v) is 7.54. The van der Waals surface area contributed by atoms with E-state index in [4.69, 9.17) is 9.47 Å². The Morgan fingerprint density at radius 2 is 1.70 bits per heavy atom. The van der Waals surface area contributed by atoms with Gasteiger partial charge >= 0.3 is 0 Å². The van der Waals surface area contributed by atoms with Crippen LogP contribution in [-0.4, -0.2) is 29.9 Å². The number of nitrogens with zero attached hydrogens (tertiary/aromatic N) is 2. The molecule has 1 heterocycles. The van der Waals surface area contributed by atoms with Crippen molar-refractivity contribution in [2.24, 2.45) is 5.10 Å². The molecule has 0 unspecified atom stereocenters. The van der Waals surface area contributed by atoms with E-state index in [-0.39, 0.29) is 12.5 Å². The van der Waals surface area contributed by atoms with Gasteiger partial charge in [-0.05, 0) is 75.4 Å². The van der Waals surface area contributed by atoms with Gasteiger partial charge in [-0.3, -0.25) is 4.79 Å². The molecule has 3 aromatic rings. The topological polar surface area (TPSA) is 64.8 Å². The first-order chi connectivity index (χ1) is 14.5. The summed E-state index contributed by atoms with van der Waals surface area (Å²) < 4.78 is 14.0. The van der Waals surface area contributed by atoms with Crippen LogP contribution in [0.2, 0.25) is 0 Å². The van der Waals surface area contributed by atoms with Crippen LogP contribution in [-0.2, 0) is 4.79 Å². The fourth-order valence-corrected chi connectivity index (χ4v) is 3.32. The van der Waals surface area contributed by atoms with Crippen LogP contribution in [0.4, 0.5) is 0 Å². The molecule has 0 saturated carbocycles. The molecule has 6 nitrogen and oxygen atoms in total. The highest BCUT2D eigenvalue weighted by Crippen LogP contribution is 2.22. The number of rotatable bonds is 8. The van der Waals surface area contributed by atoms with E-state index in [1.165, 1.54) is 0 Å². The summed E-state index contributed by atoms with van der Waals surface area (Å²) in [6, 6.07) is 17.3. The quantitative estimate of drug-likeness (QED) is 0.381. The van der Waals surface area contributed by atoms with Crippen LogP contribution in [0, 0.1) is 13.8 Å². The van der Waals surface area contributed by atoms with E-state index in [2.05, 4.69) is 31.0 Å². The normalized spacial score (nSPS) is 10.9. The monoisotopic (exact) mass is 469 g/mol. The molecule has 3 rings (SSSR count). The molecule has 2 aromatic carbocycles. The molecule has 30 heavy (non-hydrogen) atoms. The number of amides is 1. The van der Waals surface area contributed by atoms with Crippen molar-refractivity contribution in [2.45, 2.75) is 20.8 Å². The third-order valence-corrected chi connectivity index (χ3v) is 4.98. The van der Waals surface area contributed by atoms with E-state index in [9.17, 15) is 4.79 Å². The van der Waals surface area contributed by atoms with Crippen molar-refractivity contribution in [3.8, 4) is 17.2 Å². The van der Waals surface area contributed by atoms with Gasteiger partial charge in [-0.25, -0.2) is 5.43 Å². The van der Waals surface area contributed by atoms with E-state index < -0.39 is 0 Å². The second-order valence-electron chi connectivity index (χ2n) is 6.62. The Morgan fingerprint density at radius 3 is 2.37 bits per heavy atom. The van der Waals surface area contributed by atoms with E-state index in [0.717, 1.165) is 32.9 Å². The Labute approximate surface area is 184 Å². The maximum Gasteiger partial charge on any atom is 0.277 e. The van der Waals surface area contributed by atoms with Gasteiger partial charge in [-0.1, -0.05) is 15.9 Å². The Kier molecular flexibility index (Phi) is 7.30. The summed E-state index contributed by atoms with van der Waals surface area (Å²) in [5, 5.41) is 4.07. The number of hydrogen-bond acceptors (Lipinski definition) is 4. The molecular weight excluding hydrogens is 446 g/mol. The van der Waals surface area contributed by atoms with Crippen molar-refractivity contribution >= 4 is 28.1 Å². The second kappa shape index (κ2) is 10.1. The highest BCUT2D eigenvalue weighted by Gasteiger charge is 2.10. The largest absolute Gasteiger partial charge is 0.494 e. The van der Waals surface area contributed by atoms with Gasteiger partial charge in [-0.15, -0.1) is 0 Å². The summed E-state index contributed by atoms with van der Waals surface area (Å²) >= 11 is 3.36. The van der Waals surface area contributed by atoms with Gasteiger partial charge in [0.2, 0.25) is 0 Å². The molecular formula is C23H24BrN3O3. The fraction of sp³-hybridized carbons (Fsp3) is 0.217. The lowest BCUT2D eigenvalue weighted by atomic mass is 10.2. The number of aryl methyl sites for hydroxylation is 1. The first-order valence-electron chi connectivity index (χ1n) is 9.60. The van der Waals surface area contributed by atoms with Crippen molar-refractivity contribution in [1.29, 1.82) is 0 Å². The minimum absolute atomic E-state index is 0.107. The zero-order valence-electron chi connectivity index (χ0n) is 17.2. The van der Waals surface area contributed by atoms with E-state index in [1.807, 2.05) is 63.2 Å². The highest BCUT2D eigenvalue weighted by molar-refractivity contribution is 9.10. The van der Waals surface area contributed by atoms with Crippen LogP contribution >= 0.6 is 15.9 Å². The molecule has 0 spiro atoms. The van der Waals surface area contributed by atoms with E-state index >= 15 is 0 Å². The number of halogens is 1. The summed E-state index contributed by atoms with van der Waals surface area (Å²) in [5.41, 5.74) is 6.57. The predicted octanol–water partition coefficient (Wildman–Crippen LogP) is 4.78. The summed E-state index contributed by atoms with van der Waals surface area (Å²) in [7, 11) is 0. The Hall–Kier alpha value is -3.06. The molecule has 1 amide bonds. The van der Waals surface area contributed by atoms with Crippen LogP contribution in [0.1, 0.15) is 23.9 Å². The van der Waals surface area contributed by atoms with Crippen LogP contribution in [0.3, 0.4) is 0 Å². The maximum atomic E-state index is 12.0. The zero-order chi connectivity index (χ0) is 21.5. The van der Waals surface area contributed by atoms with E-state index in [0.29, 0.717) is 12.4 Å². The van der Waals surface area contributed by atoms with Crippen LogP contribution in [0.15, 0.2) is 64.2 Å². The summed E-state index contributed by atoms with van der Waals surface area (Å²) in [6.45, 7) is 6.55. The fourth-order valence-electron chi connectivity index (χ4n) is 3.06. The van der Waals surface area contributed by atoms with Crippen LogP contribution in [0.25, 0.3) is 5.69 Å². The van der Waals surface area contributed by atoms with Gasteiger partial charge in [-0.2, -0.15) is 5.10 Å². The number of ether oxygens (including phenoxy) is 2. The summed E-state index contributed by atoms with van der Waals surface area (Å²) in [6.07, 6.45) is 1.64. The average Bonchev–Trinajstić information content (AvgIpc) is 3.02. The van der Waals surface area contributed by atoms with Gasteiger partial charge in [0.05, 0.1) is 12.8 Å². The van der Waals surface area contributed by atoms with Gasteiger partial charge in [0.1, 0.15) is 11.5 Å². The molecule has 0 atom stereocenters. The molecule has 0 aliphatic rings. The van der Waals surface area contributed by atoms with Gasteiger partial charge < -0.3 is 14.0 Å². The Bertz CT molecular complexity index is 1030. The lowest BCUT2D eigenvalue weighted by Gasteiger charge is -2.11. The SMILES string of the molecule is CCOc1ccc(-n2c(C)cc(/C=N\NC(=O)COc3ccc(Br)cc3)c2C)cc1. The number of hydrazone groups is 1. The lowest BCUT2D eigenvalue weighted by Crippen LogP contribution is -2.24. The lowest BCUT2D eigenvalue weighted by molar-refractivity contribution is -0.123. The number of carbonyl (C=O) groups excluding carboxylic acids is 1. The third-order valence-electron chi connectivity index (χ3n) is 4.45. The molecule has 1 aromatic heterocycles. The summed E-state index contributed by atoms with van der Waals surface area (Å²) in [4.78, 5) is 12.0. The maximum absolute atomic E-state index is 12.0. The summed E-state index contributed by atoms with van der Waals surface area (Å²) in [5.74, 6) is 1.14. The van der Waals surface area contributed by atoms with Crippen molar-refractivity contribution in [1.82, 2.24) is 9.99 Å². The minimum Gasteiger partial charge on any atom is -0.494 e. The average molecular weight is 470 g/mol. The molecule has 0 aliphatic heterocycles. The number of hydrogen-bond donors (Lipinski definition) is 1. The molecule has 1 N–H and O–H groups in total. The van der Waals surface area contributed by atoms with Gasteiger partial charge in [0, 0.05) is 27.1 Å². The molecule has 7 heteroatoms. The molecule has 0 radical (unpaired) electrons. The van der Waals surface area contributed by atoms with Crippen molar-refractivity contribution in [3.05, 3.63) is 76.0 Å². The number of carbonyl (C=O) groups is 1. The van der Waals surface area contributed by atoms with Crippen LogP contribution in [0.5, 0.6) is 11.5 Å². The Balaban J connectivity index is 1.61. The smallest absolute Gasteiger partial charge is 0.277 e. The molecule has 0 bridgehead atoms. The molecule has 0 fully saturated rings. The van der Waals surface area contributed by atoms with Crippen LogP contribution < -0.4 is 14.9 Å². The first-order valence-corrected chi connectivity index (χ1v) is 10.4. The predicted molar refractivity (Wildman–Crippen MR) is 122 cm³/mol. The van der Waals surface area contributed by atoms with Gasteiger partial charge in [0.15, 0.2) is 6.61 Å². The number of nitrogens with one attached hydrogen (secondary N) is 1. The van der Waals surface area contributed by atoms with Crippen molar-refractivity contribution in [2.75, 3.05) is 13.2 Å². The third kappa shape index (κ3) is 5.51. The zero-order valence-corrected chi connectivity index (χ0v) is 18.8. The Morgan fingerprint density at radius 1 is 1.07 bits per heavy atom. The molecule has 156 valence electrons. The minimum atomic E-state index is -0.325. The van der Waals surface area contributed by atoms with Gasteiger partial charge in [0.25, 0.3) is 5.91 Å². The van der Waals surface area contributed by atoms with Crippen molar-refractivity contribution in [3.63, 3.8) is 0 Å². The highest BCUT2D eigenvalue weighted by atomic mass is 79.9. The number of benzene rings is 2. The van der Waals surface area contributed by atoms with Crippen molar-refractivity contribution < 1.29 is 14.3 Å². The first kappa shape index (κ1) is 21.6. The molecule has 0 saturated heterocycles. The standard InChI is InChI=1S/C23H24BrN3O3/c1-4-29-21-11-7-20(8-12-21)27-16(2)13-18(17(27)3)14-25-26-23(28)15-30-22-9-5-19(24)6-10-22/h5-14H,4,15H2,1-3H3,(H,26,28)/b25-14-. The number of aromatic nitrogens is 1. The molecule has 0 aliphatic carbocycles.